The molecule has 0 aliphatic carbocycles. The molecule has 1 aromatic rings. The summed E-state index contributed by atoms with van der Waals surface area (Å²) in [5.41, 5.74) is 1.63. The lowest BCUT2D eigenvalue weighted by Crippen LogP contribution is -2.42. The average molecular weight is 360 g/mol. The van der Waals surface area contributed by atoms with Crippen LogP contribution >= 0.6 is 0 Å². The molecule has 0 fully saturated rings. The Labute approximate surface area is 146 Å². The predicted octanol–water partition coefficient (Wildman–Crippen LogP) is 4.67. The van der Waals surface area contributed by atoms with Gasteiger partial charge in [-0.3, -0.25) is 10.1 Å². The first-order chi connectivity index (χ1) is 10.8. The van der Waals surface area contributed by atoms with E-state index in [-0.39, 0.29) is 11.3 Å². The molecule has 1 aromatic carbocycles. The van der Waals surface area contributed by atoms with E-state index in [0.717, 1.165) is 11.1 Å². The second kappa shape index (κ2) is 5.99. The lowest BCUT2D eigenvalue weighted by Gasteiger charge is -2.29. The highest BCUT2D eigenvalue weighted by atomic mass is 28.4. The number of nitrogens with zero attached hydrogens (tertiary/aromatic N) is 1. The summed E-state index contributed by atoms with van der Waals surface area (Å²) in [7, 11) is -3.46. The van der Waals surface area contributed by atoms with Crippen LogP contribution in [0.2, 0.25) is 32.7 Å². The maximum Gasteiger partial charge on any atom is 0.269 e. The van der Waals surface area contributed by atoms with E-state index < -0.39 is 21.3 Å². The molecule has 24 heavy (non-hydrogen) atoms. The zero-order valence-corrected chi connectivity index (χ0v) is 17.5. The lowest BCUT2D eigenvalue weighted by molar-refractivity contribution is -0.384. The molecule has 0 saturated carbocycles. The first-order valence-electron chi connectivity index (χ1n) is 8.07. The van der Waals surface area contributed by atoms with Crippen LogP contribution in [0.5, 0.6) is 0 Å². The largest absolute Gasteiger partial charge is 0.404 e. The van der Waals surface area contributed by atoms with Crippen molar-refractivity contribution in [1.82, 2.24) is 0 Å². The number of nitro benzene ring substituents is 1. The Kier molecular flexibility index (Phi) is 4.66. The summed E-state index contributed by atoms with van der Waals surface area (Å²) in [4.78, 5) is 11.8. The summed E-state index contributed by atoms with van der Waals surface area (Å²) in [6.45, 7) is 15.7. The quantitative estimate of drug-likeness (QED) is 0.334. The topological polar surface area (TPSA) is 52.4 Å². The molecule has 0 unspecified atom stereocenters. The zero-order chi connectivity index (χ0) is 18.3. The van der Waals surface area contributed by atoms with Gasteiger partial charge < -0.3 is 4.43 Å². The molecule has 2 rings (SSSR count). The summed E-state index contributed by atoms with van der Waals surface area (Å²) < 4.78 is 6.43. The zero-order valence-electron chi connectivity index (χ0n) is 15.5. The van der Waals surface area contributed by atoms with Crippen LogP contribution in [0, 0.1) is 22.0 Å². The number of non-ortho nitro benzene ring substituents is 1. The number of hydrogen-bond donors (Lipinski definition) is 0. The molecule has 0 saturated heterocycles. The fourth-order valence-electron chi connectivity index (χ4n) is 3.63. The van der Waals surface area contributed by atoms with E-state index in [4.69, 9.17) is 4.43 Å². The van der Waals surface area contributed by atoms with Crippen LogP contribution in [0.4, 0.5) is 5.69 Å². The van der Waals surface area contributed by atoms with Crippen LogP contribution in [0.15, 0.2) is 34.7 Å². The van der Waals surface area contributed by atoms with Crippen LogP contribution < -0.4 is 0 Å². The van der Waals surface area contributed by atoms with E-state index in [9.17, 15) is 10.1 Å². The number of rotatable bonds is 2. The van der Waals surface area contributed by atoms with E-state index in [2.05, 4.69) is 58.4 Å². The Hall–Kier alpha value is -1.69. The van der Waals surface area contributed by atoms with E-state index in [1.54, 1.807) is 12.1 Å². The SMILES string of the molecule is CC1(C)O[Si](C)(C)C([Si](C)(C)C)=C1C#Cc1ccc([N+](=O)[O-])cc1. The molecule has 0 aromatic heterocycles. The summed E-state index contributed by atoms with van der Waals surface area (Å²) in [5.74, 6) is 6.54. The van der Waals surface area contributed by atoms with Gasteiger partial charge in [-0.2, -0.15) is 0 Å². The Balaban J connectivity index is 2.51. The molecule has 0 amide bonds. The Bertz CT molecular complexity index is 760. The van der Waals surface area contributed by atoms with E-state index in [0.29, 0.717) is 0 Å². The maximum absolute atomic E-state index is 10.7. The maximum atomic E-state index is 10.7. The van der Waals surface area contributed by atoms with Gasteiger partial charge >= 0.3 is 0 Å². The fourth-order valence-corrected chi connectivity index (χ4v) is 14.6. The molecule has 1 aliphatic heterocycles. The highest BCUT2D eigenvalue weighted by Gasteiger charge is 2.50. The van der Waals surface area contributed by atoms with Crippen LogP contribution in [0.1, 0.15) is 19.4 Å². The van der Waals surface area contributed by atoms with E-state index >= 15 is 0 Å². The van der Waals surface area contributed by atoms with Crippen molar-refractivity contribution in [3.63, 3.8) is 0 Å². The number of nitro groups is 1. The van der Waals surface area contributed by atoms with Gasteiger partial charge in [-0.15, -0.1) is 0 Å². The molecule has 0 bridgehead atoms. The van der Waals surface area contributed by atoms with Crippen molar-refractivity contribution in [2.75, 3.05) is 0 Å². The van der Waals surface area contributed by atoms with Crippen molar-refractivity contribution in [3.05, 3.63) is 50.3 Å². The van der Waals surface area contributed by atoms with Crippen molar-refractivity contribution >= 4 is 22.1 Å². The third kappa shape index (κ3) is 3.69. The molecule has 6 heteroatoms. The van der Waals surface area contributed by atoms with Crippen molar-refractivity contribution in [2.45, 2.75) is 52.2 Å². The van der Waals surface area contributed by atoms with Gasteiger partial charge in [0.25, 0.3) is 5.69 Å². The van der Waals surface area contributed by atoms with Crippen LogP contribution in [0.25, 0.3) is 0 Å². The van der Waals surface area contributed by atoms with Crippen LogP contribution in [0.3, 0.4) is 0 Å². The standard InChI is InChI=1S/C18H25NO3Si2/c1-18(2)16(17(23(3,4)5)24(6,7)22-18)13-10-14-8-11-15(12-9-14)19(20)21/h8-9,11-12H,1-7H3. The van der Waals surface area contributed by atoms with E-state index in [1.165, 1.54) is 17.0 Å². The minimum atomic E-state index is -1.92. The summed E-state index contributed by atoms with van der Waals surface area (Å²) >= 11 is 0. The normalized spacial score (nSPS) is 19.0. The Morgan fingerprint density at radius 1 is 1.12 bits per heavy atom. The van der Waals surface area contributed by atoms with Crippen molar-refractivity contribution in [1.29, 1.82) is 0 Å². The van der Waals surface area contributed by atoms with Crippen molar-refractivity contribution in [2.24, 2.45) is 0 Å². The Morgan fingerprint density at radius 2 is 1.67 bits per heavy atom. The smallest absolute Gasteiger partial charge is 0.269 e. The molecule has 1 heterocycles. The van der Waals surface area contributed by atoms with Gasteiger partial charge in [0.1, 0.15) is 0 Å². The second-order valence-electron chi connectivity index (χ2n) is 8.18. The molecular formula is C18H25NO3Si2. The lowest BCUT2D eigenvalue weighted by atomic mass is 10.00. The first-order valence-corrected chi connectivity index (χ1v) is 14.5. The Morgan fingerprint density at radius 3 is 2.12 bits per heavy atom. The van der Waals surface area contributed by atoms with E-state index in [1.807, 2.05) is 0 Å². The summed E-state index contributed by atoms with van der Waals surface area (Å²) in [6.07, 6.45) is 0. The minimum absolute atomic E-state index is 0.0839. The highest BCUT2D eigenvalue weighted by Crippen LogP contribution is 2.43. The van der Waals surface area contributed by atoms with Gasteiger partial charge in [-0.25, -0.2) is 0 Å². The molecule has 128 valence electrons. The van der Waals surface area contributed by atoms with Crippen molar-refractivity contribution in [3.8, 4) is 11.8 Å². The summed E-state index contributed by atoms with van der Waals surface area (Å²) in [5, 5.41) is 10.7. The molecule has 1 aliphatic rings. The molecule has 4 nitrogen and oxygen atoms in total. The third-order valence-corrected chi connectivity index (χ3v) is 12.4. The summed E-state index contributed by atoms with van der Waals surface area (Å²) in [6, 6.07) is 6.39. The van der Waals surface area contributed by atoms with Gasteiger partial charge in [0, 0.05) is 23.3 Å². The average Bonchev–Trinajstić information content (AvgIpc) is 2.60. The second-order valence-corrected chi connectivity index (χ2v) is 17.4. The van der Waals surface area contributed by atoms with Gasteiger partial charge in [0.2, 0.25) is 8.32 Å². The molecule has 0 atom stereocenters. The number of benzene rings is 1. The minimum Gasteiger partial charge on any atom is -0.404 e. The third-order valence-electron chi connectivity index (χ3n) is 4.12. The monoisotopic (exact) mass is 359 g/mol. The molecular weight excluding hydrogens is 334 g/mol. The van der Waals surface area contributed by atoms with Gasteiger partial charge in [-0.05, 0) is 39.1 Å². The van der Waals surface area contributed by atoms with Gasteiger partial charge in [-0.1, -0.05) is 36.3 Å². The van der Waals surface area contributed by atoms with Gasteiger partial charge in [0.15, 0.2) is 0 Å². The van der Waals surface area contributed by atoms with Crippen molar-refractivity contribution < 1.29 is 9.35 Å². The predicted molar refractivity (Wildman–Crippen MR) is 103 cm³/mol. The highest BCUT2D eigenvalue weighted by molar-refractivity contribution is 7.03. The number of hydrogen-bond acceptors (Lipinski definition) is 3. The fraction of sp³-hybridized carbons (Fsp3) is 0.444. The van der Waals surface area contributed by atoms with Gasteiger partial charge in [0.05, 0.1) is 18.6 Å². The van der Waals surface area contributed by atoms with Crippen LogP contribution in [-0.2, 0) is 4.43 Å². The first kappa shape index (κ1) is 18.6. The van der Waals surface area contributed by atoms with Crippen LogP contribution in [-0.4, -0.2) is 26.9 Å². The molecule has 0 radical (unpaired) electrons. The molecule has 0 spiro atoms. The molecule has 0 N–H and O–H groups in total.